The number of carboxylic acids is 1. The second kappa shape index (κ2) is 5.13. The molecule has 1 aromatic carbocycles. The molecule has 0 amide bonds. The summed E-state index contributed by atoms with van der Waals surface area (Å²) >= 11 is 0. The number of para-hydroxylation sites is 2. The predicted octanol–water partition coefficient (Wildman–Crippen LogP) is 1.10. The zero-order valence-electron chi connectivity index (χ0n) is 9.48. The van der Waals surface area contributed by atoms with Crippen LogP contribution in [0.1, 0.15) is 21.0 Å². The number of hydrogen-bond donors (Lipinski definition) is 2. The van der Waals surface area contributed by atoms with Crippen LogP contribution in [0, 0.1) is 0 Å². The summed E-state index contributed by atoms with van der Waals surface area (Å²) in [6.45, 7) is 0. The molecule has 1 heterocycles. The van der Waals surface area contributed by atoms with Gasteiger partial charge in [-0.1, -0.05) is 12.1 Å². The van der Waals surface area contributed by atoms with Crippen molar-refractivity contribution in [3.63, 3.8) is 0 Å². The second-order valence-electron chi connectivity index (χ2n) is 3.45. The number of esters is 1. The minimum absolute atomic E-state index is 0.0170. The highest BCUT2D eigenvalue weighted by Crippen LogP contribution is 2.24. The van der Waals surface area contributed by atoms with Gasteiger partial charge in [0.15, 0.2) is 22.9 Å². The summed E-state index contributed by atoms with van der Waals surface area (Å²) < 4.78 is 4.89. The highest BCUT2D eigenvalue weighted by Gasteiger charge is 2.14. The van der Waals surface area contributed by atoms with Gasteiger partial charge in [0.1, 0.15) is 0 Å². The maximum absolute atomic E-state index is 11.7. The quantitative estimate of drug-likeness (QED) is 0.628. The largest absolute Gasteiger partial charge is 0.504 e. The van der Waals surface area contributed by atoms with Crippen molar-refractivity contribution >= 4 is 11.9 Å². The smallest absolute Gasteiger partial charge is 0.364 e. The Bertz CT molecular complexity index is 624. The summed E-state index contributed by atoms with van der Waals surface area (Å²) in [4.78, 5) is 29.4. The van der Waals surface area contributed by atoms with Crippen LogP contribution in [-0.2, 0) is 0 Å². The maximum atomic E-state index is 11.7. The Labute approximate surface area is 107 Å². The number of nitrogens with zero attached hydrogens (tertiary/aromatic N) is 2. The number of carbonyl (C=O) groups excluding carboxylic acids is 1. The zero-order chi connectivity index (χ0) is 13.8. The summed E-state index contributed by atoms with van der Waals surface area (Å²) in [7, 11) is 0. The van der Waals surface area contributed by atoms with Gasteiger partial charge in [-0.15, -0.1) is 0 Å². The van der Waals surface area contributed by atoms with Crippen molar-refractivity contribution in [2.24, 2.45) is 0 Å². The Morgan fingerprint density at radius 1 is 1.05 bits per heavy atom. The number of aromatic carboxylic acids is 1. The van der Waals surface area contributed by atoms with E-state index in [2.05, 4.69) is 9.97 Å². The highest BCUT2D eigenvalue weighted by atomic mass is 16.5. The average Bonchev–Trinajstić information content (AvgIpc) is 2.41. The molecular weight excluding hydrogens is 252 g/mol. The molecule has 19 heavy (non-hydrogen) atoms. The molecule has 7 heteroatoms. The van der Waals surface area contributed by atoms with Crippen molar-refractivity contribution in [3.8, 4) is 11.5 Å². The Balaban J connectivity index is 2.16. The van der Waals surface area contributed by atoms with E-state index in [-0.39, 0.29) is 22.9 Å². The molecule has 0 aliphatic heterocycles. The van der Waals surface area contributed by atoms with E-state index in [1.165, 1.54) is 12.1 Å². The highest BCUT2D eigenvalue weighted by molar-refractivity contribution is 5.90. The molecule has 2 aromatic rings. The number of phenols is 1. The second-order valence-corrected chi connectivity index (χ2v) is 3.45. The van der Waals surface area contributed by atoms with Crippen LogP contribution in [0.5, 0.6) is 11.5 Å². The Kier molecular flexibility index (Phi) is 3.37. The van der Waals surface area contributed by atoms with Gasteiger partial charge >= 0.3 is 11.9 Å². The van der Waals surface area contributed by atoms with Crippen molar-refractivity contribution in [2.45, 2.75) is 0 Å². The number of phenolic OH excluding ortho intramolecular Hbond substituents is 1. The van der Waals surface area contributed by atoms with Crippen LogP contribution in [0.15, 0.2) is 36.7 Å². The van der Waals surface area contributed by atoms with Crippen LogP contribution >= 0.6 is 0 Å². The molecule has 0 unspecified atom stereocenters. The number of carbonyl (C=O) groups is 2. The summed E-state index contributed by atoms with van der Waals surface area (Å²) in [5.41, 5.74) is -0.438. The Hall–Kier alpha value is -2.96. The van der Waals surface area contributed by atoms with Crippen molar-refractivity contribution in [2.75, 3.05) is 0 Å². The minimum Gasteiger partial charge on any atom is -0.504 e. The summed E-state index contributed by atoms with van der Waals surface area (Å²) in [5, 5.41) is 18.1. The molecule has 2 rings (SSSR count). The van der Waals surface area contributed by atoms with Crippen LogP contribution in [0.2, 0.25) is 0 Å². The van der Waals surface area contributed by atoms with E-state index >= 15 is 0 Å². The Morgan fingerprint density at radius 3 is 2.26 bits per heavy atom. The van der Waals surface area contributed by atoms with Crippen molar-refractivity contribution in [1.29, 1.82) is 0 Å². The normalized spacial score (nSPS) is 9.89. The first-order valence-electron chi connectivity index (χ1n) is 5.13. The molecule has 0 aliphatic carbocycles. The zero-order valence-corrected chi connectivity index (χ0v) is 9.48. The van der Waals surface area contributed by atoms with Crippen molar-refractivity contribution in [3.05, 3.63) is 48.0 Å². The third-order valence-corrected chi connectivity index (χ3v) is 2.15. The van der Waals surface area contributed by atoms with Gasteiger partial charge in [0, 0.05) is 0 Å². The standard InChI is InChI=1S/C12H8N2O5/c15-9-3-1-2-4-10(9)19-12(18)8-6-13-7(5-14-8)11(16)17/h1-6,15H,(H,16,17). The van der Waals surface area contributed by atoms with Crippen LogP contribution < -0.4 is 4.74 Å². The summed E-state index contributed by atoms with van der Waals surface area (Å²) in [5.74, 6) is -2.29. The lowest BCUT2D eigenvalue weighted by molar-refractivity contribution is 0.0682. The predicted molar refractivity (Wildman–Crippen MR) is 62.1 cm³/mol. The molecule has 0 saturated heterocycles. The van der Waals surface area contributed by atoms with E-state index in [0.29, 0.717) is 0 Å². The maximum Gasteiger partial charge on any atom is 0.364 e. The van der Waals surface area contributed by atoms with Gasteiger partial charge in [-0.3, -0.25) is 0 Å². The molecular formula is C12H8N2O5. The lowest BCUT2D eigenvalue weighted by Gasteiger charge is -2.05. The SMILES string of the molecule is O=C(O)c1cnc(C(=O)Oc2ccccc2O)cn1. The minimum atomic E-state index is -1.24. The molecule has 0 atom stereocenters. The van der Waals surface area contributed by atoms with Gasteiger partial charge in [-0.25, -0.2) is 19.6 Å². The molecule has 7 nitrogen and oxygen atoms in total. The number of rotatable bonds is 3. The van der Waals surface area contributed by atoms with Crippen molar-refractivity contribution in [1.82, 2.24) is 9.97 Å². The van der Waals surface area contributed by atoms with Gasteiger partial charge in [-0.05, 0) is 12.1 Å². The third-order valence-electron chi connectivity index (χ3n) is 2.15. The fourth-order valence-corrected chi connectivity index (χ4v) is 1.24. The molecule has 96 valence electrons. The van der Waals surface area contributed by atoms with Gasteiger partial charge in [-0.2, -0.15) is 0 Å². The average molecular weight is 260 g/mol. The molecule has 1 aromatic heterocycles. The fraction of sp³-hybridized carbons (Fsp3) is 0. The van der Waals surface area contributed by atoms with Gasteiger partial charge < -0.3 is 14.9 Å². The van der Waals surface area contributed by atoms with E-state index in [4.69, 9.17) is 9.84 Å². The van der Waals surface area contributed by atoms with E-state index in [0.717, 1.165) is 12.4 Å². The van der Waals surface area contributed by atoms with Crippen LogP contribution in [0.25, 0.3) is 0 Å². The first-order chi connectivity index (χ1) is 9.08. The van der Waals surface area contributed by atoms with Crippen LogP contribution in [0.4, 0.5) is 0 Å². The van der Waals surface area contributed by atoms with E-state index < -0.39 is 11.9 Å². The van der Waals surface area contributed by atoms with E-state index in [9.17, 15) is 14.7 Å². The number of aromatic nitrogens is 2. The molecule has 0 radical (unpaired) electrons. The molecule has 0 fully saturated rings. The van der Waals surface area contributed by atoms with E-state index in [1.54, 1.807) is 12.1 Å². The van der Waals surface area contributed by atoms with Crippen LogP contribution in [0.3, 0.4) is 0 Å². The van der Waals surface area contributed by atoms with Gasteiger partial charge in [0.25, 0.3) is 0 Å². The summed E-state index contributed by atoms with van der Waals surface area (Å²) in [6, 6.07) is 5.93. The lowest BCUT2D eigenvalue weighted by atomic mass is 10.3. The molecule has 0 spiro atoms. The Morgan fingerprint density at radius 2 is 1.68 bits per heavy atom. The summed E-state index contributed by atoms with van der Waals surface area (Å²) in [6.07, 6.45) is 1.94. The number of benzene rings is 1. The molecule has 2 N–H and O–H groups in total. The fourth-order valence-electron chi connectivity index (χ4n) is 1.24. The number of ether oxygens (including phenoxy) is 1. The molecule has 0 bridgehead atoms. The number of hydrogen-bond acceptors (Lipinski definition) is 6. The number of aromatic hydroxyl groups is 1. The molecule has 0 saturated carbocycles. The van der Waals surface area contributed by atoms with Crippen LogP contribution in [-0.4, -0.2) is 32.1 Å². The van der Waals surface area contributed by atoms with Gasteiger partial charge in [0.2, 0.25) is 0 Å². The monoisotopic (exact) mass is 260 g/mol. The third kappa shape index (κ3) is 2.83. The first-order valence-corrected chi connectivity index (χ1v) is 5.13. The lowest BCUT2D eigenvalue weighted by Crippen LogP contribution is -2.12. The first kappa shape index (κ1) is 12.5. The van der Waals surface area contributed by atoms with E-state index in [1.807, 2.05) is 0 Å². The van der Waals surface area contributed by atoms with Crippen molar-refractivity contribution < 1.29 is 24.5 Å². The molecule has 0 aliphatic rings. The van der Waals surface area contributed by atoms with Gasteiger partial charge in [0.05, 0.1) is 12.4 Å². The number of carboxylic acid groups (broad SMARTS) is 1. The topological polar surface area (TPSA) is 110 Å².